The van der Waals surface area contributed by atoms with Crippen LogP contribution >= 0.6 is 11.6 Å². The number of hydrogen-bond donors (Lipinski definition) is 0. The van der Waals surface area contributed by atoms with Crippen molar-refractivity contribution in [1.29, 1.82) is 0 Å². The molecule has 1 atom stereocenters. The molecule has 0 aliphatic rings. The van der Waals surface area contributed by atoms with E-state index >= 15 is 0 Å². The van der Waals surface area contributed by atoms with Gasteiger partial charge in [-0.3, -0.25) is 0 Å². The molecular weight excluding hydrogens is 271 g/mol. The van der Waals surface area contributed by atoms with Crippen molar-refractivity contribution in [3.05, 3.63) is 83.2 Å². The fraction of sp³-hybridized carbons (Fsp3) is 0.111. The lowest BCUT2D eigenvalue weighted by Crippen LogP contribution is -1.96. The van der Waals surface area contributed by atoms with Crippen LogP contribution in [-0.2, 0) is 0 Å². The van der Waals surface area contributed by atoms with Crippen molar-refractivity contribution in [3.63, 3.8) is 0 Å². The van der Waals surface area contributed by atoms with Gasteiger partial charge in [0.1, 0.15) is 5.82 Å². The first-order valence-corrected chi connectivity index (χ1v) is 6.98. The Bertz CT molecular complexity index is 759. The summed E-state index contributed by atoms with van der Waals surface area (Å²) in [6, 6.07) is 19.3. The van der Waals surface area contributed by atoms with E-state index < -0.39 is 0 Å². The van der Waals surface area contributed by atoms with E-state index in [-0.39, 0.29) is 11.2 Å². The molecule has 0 saturated carbocycles. The predicted octanol–water partition coefficient (Wildman–Crippen LogP) is 5.62. The van der Waals surface area contributed by atoms with Gasteiger partial charge in [0.15, 0.2) is 0 Å². The van der Waals surface area contributed by atoms with Gasteiger partial charge in [0.05, 0.1) is 5.38 Å². The lowest BCUT2D eigenvalue weighted by molar-refractivity contribution is 0.617. The first-order chi connectivity index (χ1) is 9.66. The third-order valence-electron chi connectivity index (χ3n) is 3.57. The van der Waals surface area contributed by atoms with Gasteiger partial charge in [-0.05, 0) is 40.5 Å². The molecule has 2 heteroatoms. The van der Waals surface area contributed by atoms with Crippen LogP contribution in [0.15, 0.2) is 60.7 Å². The second kappa shape index (κ2) is 5.26. The molecule has 0 radical (unpaired) electrons. The zero-order chi connectivity index (χ0) is 14.1. The van der Waals surface area contributed by atoms with Gasteiger partial charge in [0.2, 0.25) is 0 Å². The highest BCUT2D eigenvalue weighted by molar-refractivity contribution is 6.23. The van der Waals surface area contributed by atoms with Crippen molar-refractivity contribution in [1.82, 2.24) is 0 Å². The Kier molecular flexibility index (Phi) is 3.45. The van der Waals surface area contributed by atoms with Crippen molar-refractivity contribution in [2.24, 2.45) is 0 Å². The van der Waals surface area contributed by atoms with Crippen LogP contribution in [0.25, 0.3) is 10.8 Å². The van der Waals surface area contributed by atoms with E-state index in [1.165, 1.54) is 6.07 Å². The number of alkyl halides is 1. The largest absolute Gasteiger partial charge is 0.207 e. The van der Waals surface area contributed by atoms with E-state index in [0.717, 1.165) is 21.9 Å². The molecule has 0 N–H and O–H groups in total. The summed E-state index contributed by atoms with van der Waals surface area (Å²) in [5.74, 6) is -0.199. The molecule has 0 aliphatic carbocycles. The van der Waals surface area contributed by atoms with Gasteiger partial charge in [-0.1, -0.05) is 54.6 Å². The molecule has 0 fully saturated rings. The fourth-order valence-corrected chi connectivity index (χ4v) is 2.80. The number of benzene rings is 3. The second-order valence-corrected chi connectivity index (χ2v) is 5.38. The van der Waals surface area contributed by atoms with Crippen LogP contribution in [0.5, 0.6) is 0 Å². The standard InChI is InChI=1S/C18H14ClF/c1-12-11-14(9-10-17(12)20)18(19)16-8-4-6-13-5-2-3-7-15(13)16/h2-11,18H,1H3. The SMILES string of the molecule is Cc1cc(C(Cl)c2cccc3ccccc23)ccc1F. The molecule has 3 aromatic rings. The highest BCUT2D eigenvalue weighted by Gasteiger charge is 2.14. The molecule has 0 bridgehead atoms. The average Bonchev–Trinajstić information content (AvgIpc) is 2.49. The third kappa shape index (κ3) is 2.30. The minimum Gasteiger partial charge on any atom is -0.207 e. The third-order valence-corrected chi connectivity index (χ3v) is 4.06. The average molecular weight is 285 g/mol. The van der Waals surface area contributed by atoms with Crippen molar-refractivity contribution >= 4 is 22.4 Å². The summed E-state index contributed by atoms with van der Waals surface area (Å²) in [5.41, 5.74) is 2.59. The maximum absolute atomic E-state index is 13.4. The van der Waals surface area contributed by atoms with Crippen LogP contribution in [0.4, 0.5) is 4.39 Å². The normalized spacial score (nSPS) is 12.6. The van der Waals surface area contributed by atoms with Crippen LogP contribution in [-0.4, -0.2) is 0 Å². The van der Waals surface area contributed by atoms with Crippen molar-refractivity contribution in [2.75, 3.05) is 0 Å². The Morgan fingerprint density at radius 3 is 2.50 bits per heavy atom. The summed E-state index contributed by atoms with van der Waals surface area (Å²) in [4.78, 5) is 0. The summed E-state index contributed by atoms with van der Waals surface area (Å²) < 4.78 is 13.4. The molecule has 3 rings (SSSR count). The Morgan fingerprint density at radius 1 is 0.950 bits per heavy atom. The molecule has 0 amide bonds. The van der Waals surface area contributed by atoms with Crippen molar-refractivity contribution < 1.29 is 4.39 Å². The minimum atomic E-state index is -0.277. The van der Waals surface area contributed by atoms with E-state index in [1.54, 1.807) is 13.0 Å². The molecule has 1 unspecified atom stereocenters. The molecule has 0 aliphatic heterocycles. The Hall–Kier alpha value is -1.86. The van der Waals surface area contributed by atoms with E-state index in [9.17, 15) is 4.39 Å². The van der Waals surface area contributed by atoms with E-state index in [2.05, 4.69) is 18.2 Å². The molecule has 100 valence electrons. The number of hydrogen-bond acceptors (Lipinski definition) is 0. The summed E-state index contributed by atoms with van der Waals surface area (Å²) >= 11 is 6.61. The number of aryl methyl sites for hydroxylation is 1. The zero-order valence-electron chi connectivity index (χ0n) is 11.1. The van der Waals surface area contributed by atoms with Gasteiger partial charge in [-0.15, -0.1) is 11.6 Å². The van der Waals surface area contributed by atoms with Gasteiger partial charge >= 0.3 is 0 Å². The first-order valence-electron chi connectivity index (χ1n) is 6.54. The molecule has 0 spiro atoms. The fourth-order valence-electron chi connectivity index (χ4n) is 2.48. The lowest BCUT2D eigenvalue weighted by atomic mass is 9.97. The van der Waals surface area contributed by atoms with Gasteiger partial charge in [0.25, 0.3) is 0 Å². The number of fused-ring (bicyclic) bond motifs is 1. The topological polar surface area (TPSA) is 0 Å². The predicted molar refractivity (Wildman–Crippen MR) is 82.8 cm³/mol. The molecule has 0 aromatic heterocycles. The quantitative estimate of drug-likeness (QED) is 0.536. The molecule has 0 saturated heterocycles. The molecule has 3 aromatic carbocycles. The Balaban J connectivity index is 2.12. The van der Waals surface area contributed by atoms with Gasteiger partial charge < -0.3 is 0 Å². The van der Waals surface area contributed by atoms with Gasteiger partial charge in [-0.2, -0.15) is 0 Å². The van der Waals surface area contributed by atoms with Crippen LogP contribution in [0, 0.1) is 12.7 Å². The molecule has 0 nitrogen and oxygen atoms in total. The highest BCUT2D eigenvalue weighted by Crippen LogP contribution is 2.34. The van der Waals surface area contributed by atoms with E-state index in [1.807, 2.05) is 30.3 Å². The number of rotatable bonds is 2. The lowest BCUT2D eigenvalue weighted by Gasteiger charge is -2.14. The minimum absolute atomic E-state index is 0.199. The molecule has 0 heterocycles. The Labute approximate surface area is 122 Å². The molecular formula is C18H14ClF. The summed E-state index contributed by atoms with van der Waals surface area (Å²) in [5, 5.41) is 2.02. The van der Waals surface area contributed by atoms with Gasteiger partial charge in [0, 0.05) is 0 Å². The van der Waals surface area contributed by atoms with Crippen LogP contribution in [0.3, 0.4) is 0 Å². The van der Waals surface area contributed by atoms with E-state index in [4.69, 9.17) is 11.6 Å². The van der Waals surface area contributed by atoms with Gasteiger partial charge in [-0.25, -0.2) is 4.39 Å². The number of halogens is 2. The molecule has 20 heavy (non-hydrogen) atoms. The summed E-state index contributed by atoms with van der Waals surface area (Å²) in [7, 11) is 0. The van der Waals surface area contributed by atoms with Crippen molar-refractivity contribution in [3.8, 4) is 0 Å². The highest BCUT2D eigenvalue weighted by atomic mass is 35.5. The monoisotopic (exact) mass is 284 g/mol. The van der Waals surface area contributed by atoms with E-state index in [0.29, 0.717) is 5.56 Å². The van der Waals surface area contributed by atoms with Crippen LogP contribution in [0.2, 0.25) is 0 Å². The summed E-state index contributed by atoms with van der Waals surface area (Å²) in [6.07, 6.45) is 0. The smallest absolute Gasteiger partial charge is 0.126 e. The maximum atomic E-state index is 13.4. The van der Waals surface area contributed by atoms with Crippen molar-refractivity contribution in [2.45, 2.75) is 12.3 Å². The summed E-state index contributed by atoms with van der Waals surface area (Å²) in [6.45, 7) is 1.76. The Morgan fingerprint density at radius 2 is 1.70 bits per heavy atom. The van der Waals surface area contributed by atoms with Crippen LogP contribution < -0.4 is 0 Å². The second-order valence-electron chi connectivity index (χ2n) is 4.94. The first kappa shape index (κ1) is 13.1. The maximum Gasteiger partial charge on any atom is 0.126 e. The zero-order valence-corrected chi connectivity index (χ0v) is 11.9. The van der Waals surface area contributed by atoms with Crippen LogP contribution in [0.1, 0.15) is 22.1 Å².